The number of para-hydroxylation sites is 1. The number of rotatable bonds is 8. The largest absolute Gasteiger partial charge is 0.492 e. The Labute approximate surface area is 196 Å². The van der Waals surface area contributed by atoms with E-state index in [0.29, 0.717) is 36.0 Å². The molecule has 0 unspecified atom stereocenters. The van der Waals surface area contributed by atoms with E-state index >= 15 is 0 Å². The molecule has 32 heavy (non-hydrogen) atoms. The fourth-order valence-corrected chi connectivity index (χ4v) is 4.75. The lowest BCUT2D eigenvalue weighted by Gasteiger charge is -2.24. The Bertz CT molecular complexity index is 1060. The third-order valence-electron chi connectivity index (χ3n) is 5.09. The Kier molecular flexibility index (Phi) is 7.35. The second-order valence-corrected chi connectivity index (χ2v) is 8.86. The zero-order valence-electron chi connectivity index (χ0n) is 17.4. The van der Waals surface area contributed by atoms with E-state index < -0.39 is 0 Å². The first-order chi connectivity index (χ1) is 15.6. The van der Waals surface area contributed by atoms with Crippen LogP contribution in [0.3, 0.4) is 0 Å². The second-order valence-electron chi connectivity index (χ2n) is 7.35. The molecular weight excluding hydrogens is 444 g/mol. The minimum Gasteiger partial charge on any atom is -0.492 e. The number of benzene rings is 3. The van der Waals surface area contributed by atoms with Gasteiger partial charge in [-0.2, -0.15) is 0 Å². The molecule has 0 spiro atoms. The molecule has 0 radical (unpaired) electrons. The number of thioether (sulfide) groups is 1. The lowest BCUT2D eigenvalue weighted by atomic mass is 10.1. The van der Waals surface area contributed by atoms with E-state index in [9.17, 15) is 9.59 Å². The summed E-state index contributed by atoms with van der Waals surface area (Å²) in [6, 6.07) is 24.5. The molecule has 1 N–H and O–H groups in total. The molecule has 0 aliphatic carbocycles. The Hall–Kier alpha value is -2.96. The number of amides is 2. The molecule has 1 aliphatic heterocycles. The highest BCUT2D eigenvalue weighted by Gasteiger charge is 2.32. The minimum atomic E-state index is -0.151. The summed E-state index contributed by atoms with van der Waals surface area (Å²) in [5.74, 6) is 1.18. The fourth-order valence-electron chi connectivity index (χ4n) is 3.44. The third kappa shape index (κ3) is 5.64. The molecule has 1 atom stereocenters. The molecule has 3 aromatic rings. The van der Waals surface area contributed by atoms with Gasteiger partial charge in [0.15, 0.2) is 0 Å². The van der Waals surface area contributed by atoms with Crippen molar-refractivity contribution in [3.63, 3.8) is 0 Å². The molecule has 164 valence electrons. The molecule has 5 nitrogen and oxygen atoms in total. The zero-order chi connectivity index (χ0) is 22.3. The maximum atomic E-state index is 12.5. The van der Waals surface area contributed by atoms with Crippen LogP contribution in [0.2, 0.25) is 5.02 Å². The van der Waals surface area contributed by atoms with Crippen LogP contribution in [0.15, 0.2) is 78.9 Å². The number of ether oxygens (including phenoxy) is 1. The van der Waals surface area contributed by atoms with Crippen molar-refractivity contribution >= 4 is 35.2 Å². The lowest BCUT2D eigenvalue weighted by molar-refractivity contribution is -0.128. The van der Waals surface area contributed by atoms with E-state index in [4.69, 9.17) is 16.3 Å². The molecule has 4 rings (SSSR count). The topological polar surface area (TPSA) is 58.6 Å². The van der Waals surface area contributed by atoms with Gasteiger partial charge in [0.25, 0.3) is 5.91 Å². The molecule has 2 amide bonds. The summed E-state index contributed by atoms with van der Waals surface area (Å²) < 4.78 is 5.59. The van der Waals surface area contributed by atoms with Crippen molar-refractivity contribution in [3.8, 4) is 5.75 Å². The van der Waals surface area contributed by atoms with E-state index in [0.717, 1.165) is 16.9 Å². The van der Waals surface area contributed by atoms with Crippen LogP contribution in [0.25, 0.3) is 0 Å². The highest BCUT2D eigenvalue weighted by Crippen LogP contribution is 2.39. The molecule has 0 saturated carbocycles. The summed E-state index contributed by atoms with van der Waals surface area (Å²) in [5.41, 5.74) is 2.61. The predicted octanol–water partition coefficient (Wildman–Crippen LogP) is 4.92. The van der Waals surface area contributed by atoms with Crippen LogP contribution >= 0.6 is 23.4 Å². The molecule has 1 aliphatic rings. The van der Waals surface area contributed by atoms with E-state index in [-0.39, 0.29) is 17.2 Å². The van der Waals surface area contributed by atoms with Gasteiger partial charge in [-0.1, -0.05) is 54.1 Å². The third-order valence-corrected chi connectivity index (χ3v) is 6.60. The predicted molar refractivity (Wildman–Crippen MR) is 128 cm³/mol. The summed E-state index contributed by atoms with van der Waals surface area (Å²) in [4.78, 5) is 26.7. The first kappa shape index (κ1) is 22.2. The number of nitrogens with one attached hydrogen (secondary N) is 1. The summed E-state index contributed by atoms with van der Waals surface area (Å²) >= 11 is 7.56. The van der Waals surface area contributed by atoms with Crippen molar-refractivity contribution in [2.75, 3.05) is 18.9 Å². The number of hydrogen-bond acceptors (Lipinski definition) is 4. The average Bonchev–Trinajstić information content (AvgIpc) is 3.19. The van der Waals surface area contributed by atoms with Gasteiger partial charge in [0.1, 0.15) is 17.7 Å². The summed E-state index contributed by atoms with van der Waals surface area (Å²) in [6.45, 7) is 1.34. The highest BCUT2D eigenvalue weighted by atomic mass is 35.5. The van der Waals surface area contributed by atoms with Crippen LogP contribution in [-0.2, 0) is 11.3 Å². The Morgan fingerprint density at radius 1 is 1.03 bits per heavy atom. The number of carbonyl (C=O) groups excluding carboxylic acids is 2. The first-order valence-electron chi connectivity index (χ1n) is 10.3. The smallest absolute Gasteiger partial charge is 0.251 e. The van der Waals surface area contributed by atoms with Gasteiger partial charge in [0.05, 0.1) is 12.3 Å². The fraction of sp³-hybridized carbons (Fsp3) is 0.200. The van der Waals surface area contributed by atoms with Crippen LogP contribution < -0.4 is 10.1 Å². The Morgan fingerprint density at radius 2 is 1.75 bits per heavy atom. The quantitative estimate of drug-likeness (QED) is 0.478. The Balaban J connectivity index is 1.33. The van der Waals surface area contributed by atoms with Gasteiger partial charge in [0.2, 0.25) is 5.91 Å². The molecule has 7 heteroatoms. The van der Waals surface area contributed by atoms with E-state index in [1.54, 1.807) is 23.9 Å². The van der Waals surface area contributed by atoms with Crippen molar-refractivity contribution in [1.29, 1.82) is 0 Å². The SMILES string of the molecule is O=C(NCCOc1ccccc1)c1ccc([C@H]2SCC(=O)N2Cc2ccc(Cl)cc2)cc1. The van der Waals surface area contributed by atoms with Gasteiger partial charge in [-0.15, -0.1) is 11.8 Å². The average molecular weight is 467 g/mol. The van der Waals surface area contributed by atoms with E-state index in [1.165, 1.54) is 0 Å². The van der Waals surface area contributed by atoms with Crippen molar-refractivity contribution in [2.24, 2.45) is 0 Å². The normalized spacial score (nSPS) is 15.6. The minimum absolute atomic E-state index is 0.0745. The van der Waals surface area contributed by atoms with Crippen LogP contribution in [0.4, 0.5) is 0 Å². The van der Waals surface area contributed by atoms with Crippen molar-refractivity contribution in [2.45, 2.75) is 11.9 Å². The number of carbonyl (C=O) groups is 2. The lowest BCUT2D eigenvalue weighted by Crippen LogP contribution is -2.28. The number of nitrogens with zero attached hydrogens (tertiary/aromatic N) is 1. The maximum Gasteiger partial charge on any atom is 0.251 e. The zero-order valence-corrected chi connectivity index (χ0v) is 18.9. The second kappa shape index (κ2) is 10.6. The molecule has 3 aromatic carbocycles. The summed E-state index contributed by atoms with van der Waals surface area (Å²) in [7, 11) is 0. The van der Waals surface area contributed by atoms with Gasteiger partial charge in [0, 0.05) is 17.1 Å². The van der Waals surface area contributed by atoms with E-state index in [2.05, 4.69) is 5.32 Å². The van der Waals surface area contributed by atoms with Crippen LogP contribution in [0.5, 0.6) is 5.75 Å². The summed E-state index contributed by atoms with van der Waals surface area (Å²) in [5, 5.41) is 3.47. The maximum absolute atomic E-state index is 12.5. The van der Waals surface area contributed by atoms with Crippen molar-refractivity contribution in [3.05, 3.63) is 101 Å². The van der Waals surface area contributed by atoms with Crippen molar-refractivity contribution in [1.82, 2.24) is 10.2 Å². The standard InChI is InChI=1S/C25H23ClN2O3S/c26-21-12-6-18(7-13-21)16-28-23(29)17-32-25(28)20-10-8-19(9-11-20)24(30)27-14-15-31-22-4-2-1-3-5-22/h1-13,25H,14-17H2,(H,27,30)/t25-/m1/s1. The molecule has 0 bridgehead atoms. The van der Waals surface area contributed by atoms with Crippen LogP contribution in [0, 0.1) is 0 Å². The molecule has 0 aromatic heterocycles. The van der Waals surface area contributed by atoms with Crippen LogP contribution in [0.1, 0.15) is 26.9 Å². The molecule has 1 saturated heterocycles. The van der Waals surface area contributed by atoms with Gasteiger partial charge in [-0.05, 0) is 47.5 Å². The monoisotopic (exact) mass is 466 g/mol. The first-order valence-corrected chi connectivity index (χ1v) is 11.7. The van der Waals surface area contributed by atoms with Gasteiger partial charge in [-0.3, -0.25) is 9.59 Å². The molecular formula is C25H23ClN2O3S. The number of halogens is 1. The van der Waals surface area contributed by atoms with Crippen molar-refractivity contribution < 1.29 is 14.3 Å². The Morgan fingerprint density at radius 3 is 2.47 bits per heavy atom. The van der Waals surface area contributed by atoms with Crippen LogP contribution in [-0.4, -0.2) is 35.6 Å². The van der Waals surface area contributed by atoms with E-state index in [1.807, 2.05) is 71.6 Å². The van der Waals surface area contributed by atoms with Gasteiger partial charge in [-0.25, -0.2) is 0 Å². The van der Waals surface area contributed by atoms with Gasteiger partial charge >= 0.3 is 0 Å². The number of hydrogen-bond donors (Lipinski definition) is 1. The highest BCUT2D eigenvalue weighted by molar-refractivity contribution is 8.00. The molecule has 1 heterocycles. The molecule has 1 fully saturated rings. The summed E-state index contributed by atoms with van der Waals surface area (Å²) in [6.07, 6.45) is 0. The van der Waals surface area contributed by atoms with Gasteiger partial charge < -0.3 is 15.0 Å².